The zero-order valence-electron chi connectivity index (χ0n) is 50.9. The van der Waals surface area contributed by atoms with E-state index < -0.39 is 18.0 Å². The van der Waals surface area contributed by atoms with Crippen LogP contribution in [0.4, 0.5) is 0 Å². The smallest absolute Gasteiger partial charge is 0.306 e. The summed E-state index contributed by atoms with van der Waals surface area (Å²) >= 11 is 0. The van der Waals surface area contributed by atoms with Crippen molar-refractivity contribution in [3.63, 3.8) is 0 Å². The second kappa shape index (κ2) is 66.2. The Kier molecular flexibility index (Phi) is 61.1. The van der Waals surface area contributed by atoms with Crippen molar-refractivity contribution in [2.75, 3.05) is 13.2 Å². The van der Waals surface area contributed by atoms with Crippen molar-refractivity contribution in [1.29, 1.82) is 0 Å². The lowest BCUT2D eigenvalue weighted by Gasteiger charge is -2.18. The number of hydrogen-bond donors (Lipinski definition) is 0. The van der Waals surface area contributed by atoms with E-state index >= 15 is 0 Å². The lowest BCUT2D eigenvalue weighted by Crippen LogP contribution is -2.30. The Bertz CT molecular complexity index is 2050. The predicted octanol–water partition coefficient (Wildman–Crippen LogP) is 21.8. The second-order valence-corrected chi connectivity index (χ2v) is 19.5. The van der Waals surface area contributed by atoms with Crippen LogP contribution in [-0.4, -0.2) is 37.2 Å². The molecule has 81 heavy (non-hydrogen) atoms. The summed E-state index contributed by atoms with van der Waals surface area (Å²) in [5, 5.41) is 0. The Balaban J connectivity index is 4.66. The molecule has 1 atom stereocenters. The van der Waals surface area contributed by atoms with E-state index in [1.165, 1.54) is 12.8 Å². The maximum absolute atomic E-state index is 12.9. The normalized spacial score (nSPS) is 13.7. The highest BCUT2D eigenvalue weighted by Gasteiger charge is 2.19. The molecule has 446 valence electrons. The highest BCUT2D eigenvalue weighted by molar-refractivity contribution is 5.71. The summed E-state index contributed by atoms with van der Waals surface area (Å²) in [6, 6.07) is 0. The largest absolute Gasteiger partial charge is 0.462 e. The molecular weight excluding hydrogens is 997 g/mol. The van der Waals surface area contributed by atoms with Crippen LogP contribution in [0.25, 0.3) is 0 Å². The quantitative estimate of drug-likeness (QED) is 0.0261. The molecule has 6 nitrogen and oxygen atoms in total. The standard InChI is InChI=1S/C75H110O6/c1-4-7-10-13-16-19-22-25-28-31-34-35-36-37-38-39-42-44-47-50-53-56-59-62-65-68-74(77)80-71-72(81-75(78)69-66-63-60-57-54-51-48-45-41-33-30-27-24-21-18-15-12-9-6-3)70-79-73(76)67-64-61-58-55-52-49-46-43-40-32-29-26-23-20-17-14-11-8-5-2/h7-12,16-21,25-30,34-35,37-38,40-45,49,51-52,54,58,60-61,63,72H,4-6,13-15,22-24,31-33,36,39,46-48,50,53,55-57,59,62,64-71H2,1-3H3/b10-7-,11-8-,12-9-,19-16-,20-17-,21-18-,28-25-,29-26-,30-27-,35-34-,38-37-,43-40-,44-42-,45-41-,52-49-,54-51-,61-58-,63-60-. The molecule has 0 radical (unpaired) electrons. The number of unbranched alkanes of at least 4 members (excludes halogenated alkanes) is 6. The predicted molar refractivity (Wildman–Crippen MR) is 352 cm³/mol. The molecule has 0 rings (SSSR count). The summed E-state index contributed by atoms with van der Waals surface area (Å²) in [6.07, 6.45) is 104. The van der Waals surface area contributed by atoms with Crippen LogP contribution in [0.3, 0.4) is 0 Å². The third-order valence-electron chi connectivity index (χ3n) is 12.0. The maximum atomic E-state index is 12.9. The first kappa shape index (κ1) is 74.7. The Morgan fingerprint density at radius 1 is 0.247 bits per heavy atom. The van der Waals surface area contributed by atoms with Crippen molar-refractivity contribution in [2.45, 2.75) is 219 Å². The van der Waals surface area contributed by atoms with E-state index in [4.69, 9.17) is 14.2 Å². The van der Waals surface area contributed by atoms with Crippen molar-refractivity contribution in [3.05, 3.63) is 219 Å². The van der Waals surface area contributed by atoms with Gasteiger partial charge in [-0.1, -0.05) is 265 Å². The third-order valence-corrected chi connectivity index (χ3v) is 12.0. The van der Waals surface area contributed by atoms with Gasteiger partial charge in [0.1, 0.15) is 13.2 Å². The van der Waals surface area contributed by atoms with Gasteiger partial charge in [0.2, 0.25) is 0 Å². The first-order valence-corrected chi connectivity index (χ1v) is 31.2. The fourth-order valence-corrected chi connectivity index (χ4v) is 7.44. The topological polar surface area (TPSA) is 78.9 Å². The molecule has 0 aliphatic rings. The van der Waals surface area contributed by atoms with Crippen LogP contribution in [0.15, 0.2) is 219 Å². The molecule has 0 bridgehead atoms. The van der Waals surface area contributed by atoms with Crippen LogP contribution in [0, 0.1) is 0 Å². The number of ether oxygens (including phenoxy) is 3. The van der Waals surface area contributed by atoms with E-state index in [1.54, 1.807) is 0 Å². The zero-order chi connectivity index (χ0) is 58.5. The lowest BCUT2D eigenvalue weighted by molar-refractivity contribution is -0.166. The van der Waals surface area contributed by atoms with Crippen molar-refractivity contribution in [1.82, 2.24) is 0 Å². The van der Waals surface area contributed by atoms with Gasteiger partial charge in [-0.3, -0.25) is 14.4 Å². The van der Waals surface area contributed by atoms with Gasteiger partial charge < -0.3 is 14.2 Å². The minimum atomic E-state index is -0.872. The van der Waals surface area contributed by atoms with E-state index in [0.29, 0.717) is 19.3 Å². The molecule has 0 fully saturated rings. The fourth-order valence-electron chi connectivity index (χ4n) is 7.44. The molecule has 0 aliphatic heterocycles. The van der Waals surface area contributed by atoms with Crippen LogP contribution in [-0.2, 0) is 28.6 Å². The average Bonchev–Trinajstić information content (AvgIpc) is 3.47. The van der Waals surface area contributed by atoms with Gasteiger partial charge in [0.25, 0.3) is 0 Å². The summed E-state index contributed by atoms with van der Waals surface area (Å²) in [7, 11) is 0. The number of allylic oxidation sites excluding steroid dienone is 36. The van der Waals surface area contributed by atoms with Gasteiger partial charge in [-0.25, -0.2) is 0 Å². The molecule has 0 heterocycles. The summed E-state index contributed by atoms with van der Waals surface area (Å²) in [5.74, 6) is -1.15. The van der Waals surface area contributed by atoms with Gasteiger partial charge in [0.15, 0.2) is 6.10 Å². The highest BCUT2D eigenvalue weighted by Crippen LogP contribution is 2.11. The van der Waals surface area contributed by atoms with Gasteiger partial charge in [0, 0.05) is 19.3 Å². The maximum Gasteiger partial charge on any atom is 0.306 e. The molecular formula is C75H110O6. The van der Waals surface area contributed by atoms with Gasteiger partial charge in [-0.15, -0.1) is 0 Å². The molecule has 0 aromatic rings. The van der Waals surface area contributed by atoms with Gasteiger partial charge in [-0.2, -0.15) is 0 Å². The Morgan fingerprint density at radius 3 is 0.765 bits per heavy atom. The molecule has 0 aliphatic carbocycles. The van der Waals surface area contributed by atoms with E-state index in [1.807, 2.05) is 24.3 Å². The second-order valence-electron chi connectivity index (χ2n) is 19.5. The van der Waals surface area contributed by atoms with E-state index in [9.17, 15) is 14.4 Å². The number of carbonyl (C=O) groups excluding carboxylic acids is 3. The van der Waals surface area contributed by atoms with E-state index in [0.717, 1.165) is 148 Å². The number of rotatable bonds is 53. The van der Waals surface area contributed by atoms with Gasteiger partial charge in [-0.05, 0) is 148 Å². The monoisotopic (exact) mass is 1110 g/mol. The number of carbonyl (C=O) groups is 3. The SMILES string of the molecule is CC/C=C\C/C=C\C/C=C\C/C=C\C/C=C\C/C=C\CCCCCCCCC(=O)OCC(COC(=O)CC/C=C\C/C=C\C/C=C\C/C=C\C/C=C\C/C=C\CC)OC(=O)CC/C=C\C/C=C\C/C=C\C/C=C\C/C=C\C/C=C\CC. The molecule has 0 aromatic heterocycles. The molecule has 0 saturated carbocycles. The van der Waals surface area contributed by atoms with Crippen LogP contribution >= 0.6 is 0 Å². The van der Waals surface area contributed by atoms with Crippen molar-refractivity contribution in [2.24, 2.45) is 0 Å². The summed E-state index contributed by atoms with van der Waals surface area (Å²) < 4.78 is 16.7. The van der Waals surface area contributed by atoms with Crippen LogP contribution in [0.2, 0.25) is 0 Å². The van der Waals surface area contributed by atoms with E-state index in [2.05, 4.69) is 215 Å². The number of esters is 3. The molecule has 1 unspecified atom stereocenters. The lowest BCUT2D eigenvalue weighted by atomic mass is 10.1. The van der Waals surface area contributed by atoms with Crippen molar-refractivity contribution < 1.29 is 28.6 Å². The molecule has 6 heteroatoms. The van der Waals surface area contributed by atoms with Gasteiger partial charge >= 0.3 is 17.9 Å². The molecule has 0 aromatic carbocycles. The minimum Gasteiger partial charge on any atom is -0.462 e. The fraction of sp³-hybridized carbons (Fsp3) is 0.480. The van der Waals surface area contributed by atoms with Crippen molar-refractivity contribution in [3.8, 4) is 0 Å². The summed E-state index contributed by atoms with van der Waals surface area (Å²) in [5.41, 5.74) is 0. The van der Waals surface area contributed by atoms with E-state index in [-0.39, 0.29) is 32.0 Å². The minimum absolute atomic E-state index is 0.153. The molecule has 0 spiro atoms. The van der Waals surface area contributed by atoms with Crippen molar-refractivity contribution >= 4 is 17.9 Å². The zero-order valence-corrected chi connectivity index (χ0v) is 50.9. The van der Waals surface area contributed by atoms with Crippen LogP contribution < -0.4 is 0 Å². The first-order valence-electron chi connectivity index (χ1n) is 31.2. The Morgan fingerprint density at radius 2 is 0.469 bits per heavy atom. The third kappa shape index (κ3) is 64.4. The summed E-state index contributed by atoms with van der Waals surface area (Å²) in [4.78, 5) is 38.3. The Hall–Kier alpha value is -6.27. The number of hydrogen-bond acceptors (Lipinski definition) is 6. The molecule has 0 amide bonds. The average molecular weight is 1110 g/mol. The molecule has 0 saturated heterocycles. The molecule has 0 N–H and O–H groups in total. The summed E-state index contributed by atoms with van der Waals surface area (Å²) in [6.45, 7) is 6.13. The van der Waals surface area contributed by atoms with Crippen LogP contribution in [0.5, 0.6) is 0 Å². The highest BCUT2D eigenvalue weighted by atomic mass is 16.6. The first-order chi connectivity index (χ1) is 40.0. The van der Waals surface area contributed by atoms with Crippen LogP contribution in [0.1, 0.15) is 213 Å². The Labute approximate surface area is 495 Å². The van der Waals surface area contributed by atoms with Gasteiger partial charge in [0.05, 0.1) is 0 Å².